The average Bonchev–Trinajstić information content (AvgIpc) is 2.70. The Kier molecular flexibility index (Phi) is 6.42. The highest BCUT2D eigenvalue weighted by Gasteiger charge is 2.43. The van der Waals surface area contributed by atoms with Gasteiger partial charge in [0.1, 0.15) is 18.2 Å². The van der Waals surface area contributed by atoms with Gasteiger partial charge in [0.05, 0.1) is 12.0 Å². The molecule has 1 aliphatic rings. The normalized spacial score (nSPS) is 15.9. The van der Waals surface area contributed by atoms with Crippen LogP contribution in [0.1, 0.15) is 18.4 Å². The zero-order chi connectivity index (χ0) is 19.1. The summed E-state index contributed by atoms with van der Waals surface area (Å²) in [4.78, 5) is 13.2. The Balaban J connectivity index is 1.76. The molecule has 3 rings (SSSR count). The van der Waals surface area contributed by atoms with E-state index in [9.17, 15) is 9.18 Å². The Hall–Kier alpha value is -2.44. The van der Waals surface area contributed by atoms with Crippen molar-refractivity contribution in [2.45, 2.75) is 18.3 Å². The summed E-state index contributed by atoms with van der Waals surface area (Å²) >= 11 is 0. The predicted molar refractivity (Wildman–Crippen MR) is 101 cm³/mol. The Labute approximate surface area is 158 Å². The number of nitrogens with one attached hydrogen (secondary N) is 1. The zero-order valence-electron chi connectivity index (χ0n) is 15.4. The van der Waals surface area contributed by atoms with Gasteiger partial charge >= 0.3 is 0 Å². The van der Waals surface area contributed by atoms with Gasteiger partial charge in [0.15, 0.2) is 0 Å². The standard InChI is InChI=1S/C21H24FNO4/c1-25-14-15-27-17-8-6-16(7-9-17)23-20(24)21(10-12-26-13-11-21)18-4-2-3-5-19(18)22/h2-9H,10-15H2,1H3,(H,23,24). The molecule has 0 radical (unpaired) electrons. The first-order valence-electron chi connectivity index (χ1n) is 9.02. The lowest BCUT2D eigenvalue weighted by atomic mass is 9.73. The van der Waals surface area contributed by atoms with Crippen LogP contribution in [-0.2, 0) is 19.7 Å². The molecule has 1 aliphatic heterocycles. The van der Waals surface area contributed by atoms with Crippen LogP contribution in [0, 0.1) is 5.82 Å². The van der Waals surface area contributed by atoms with Gasteiger partial charge in [-0.1, -0.05) is 18.2 Å². The van der Waals surface area contributed by atoms with E-state index in [0.29, 0.717) is 56.3 Å². The van der Waals surface area contributed by atoms with Gasteiger partial charge in [0, 0.05) is 31.6 Å². The number of benzene rings is 2. The Bertz CT molecular complexity index is 757. The maximum Gasteiger partial charge on any atom is 0.235 e. The predicted octanol–water partition coefficient (Wildman–Crippen LogP) is 3.54. The minimum atomic E-state index is -0.933. The number of carbonyl (C=O) groups excluding carboxylic acids is 1. The molecule has 0 aliphatic carbocycles. The second-order valence-electron chi connectivity index (χ2n) is 6.49. The first kappa shape index (κ1) is 19.3. The van der Waals surface area contributed by atoms with E-state index in [0.717, 1.165) is 0 Å². The summed E-state index contributed by atoms with van der Waals surface area (Å²) in [5.41, 5.74) is 0.128. The van der Waals surface area contributed by atoms with Gasteiger partial charge in [-0.05, 0) is 43.2 Å². The summed E-state index contributed by atoms with van der Waals surface area (Å²) in [5.74, 6) is 0.111. The number of halogens is 1. The fraction of sp³-hybridized carbons (Fsp3) is 0.381. The van der Waals surface area contributed by atoms with Gasteiger partial charge in [-0.25, -0.2) is 4.39 Å². The number of methoxy groups -OCH3 is 1. The summed E-state index contributed by atoms with van der Waals surface area (Å²) in [6.45, 7) is 1.81. The van der Waals surface area contributed by atoms with Crippen LogP contribution in [0.4, 0.5) is 10.1 Å². The molecule has 0 aromatic heterocycles. The van der Waals surface area contributed by atoms with Crippen molar-refractivity contribution in [2.24, 2.45) is 0 Å². The number of hydrogen-bond donors (Lipinski definition) is 1. The fourth-order valence-corrected chi connectivity index (χ4v) is 3.32. The number of hydrogen-bond acceptors (Lipinski definition) is 4. The summed E-state index contributed by atoms with van der Waals surface area (Å²) in [6, 6.07) is 13.6. The highest BCUT2D eigenvalue weighted by molar-refractivity contribution is 5.99. The average molecular weight is 373 g/mol. The van der Waals surface area contributed by atoms with Crippen LogP contribution in [-0.4, -0.2) is 39.4 Å². The van der Waals surface area contributed by atoms with Crippen molar-refractivity contribution in [3.63, 3.8) is 0 Å². The topological polar surface area (TPSA) is 56.8 Å². The lowest BCUT2D eigenvalue weighted by Gasteiger charge is -2.36. The van der Waals surface area contributed by atoms with E-state index in [-0.39, 0.29) is 11.7 Å². The summed E-state index contributed by atoms with van der Waals surface area (Å²) < 4.78 is 30.4. The van der Waals surface area contributed by atoms with E-state index < -0.39 is 5.41 Å². The molecule has 0 saturated carbocycles. The van der Waals surface area contributed by atoms with Crippen LogP contribution in [0.5, 0.6) is 5.75 Å². The summed E-state index contributed by atoms with van der Waals surface area (Å²) in [6.07, 6.45) is 0.885. The molecule has 1 heterocycles. The smallest absolute Gasteiger partial charge is 0.235 e. The quantitative estimate of drug-likeness (QED) is 0.755. The highest BCUT2D eigenvalue weighted by atomic mass is 19.1. The van der Waals surface area contributed by atoms with Crippen LogP contribution in [0.2, 0.25) is 0 Å². The molecule has 144 valence electrons. The van der Waals surface area contributed by atoms with E-state index in [1.807, 2.05) is 0 Å². The molecule has 0 atom stereocenters. The molecule has 6 heteroatoms. The summed E-state index contributed by atoms with van der Waals surface area (Å²) in [5, 5.41) is 2.93. The molecule has 27 heavy (non-hydrogen) atoms. The first-order chi connectivity index (χ1) is 13.2. The minimum Gasteiger partial charge on any atom is -0.491 e. The number of carbonyl (C=O) groups is 1. The van der Waals surface area contributed by atoms with Crippen LogP contribution in [0.15, 0.2) is 48.5 Å². The number of ether oxygens (including phenoxy) is 3. The minimum absolute atomic E-state index is 0.219. The molecular weight excluding hydrogens is 349 g/mol. The largest absolute Gasteiger partial charge is 0.491 e. The van der Waals surface area contributed by atoms with Crippen LogP contribution in [0.25, 0.3) is 0 Å². The zero-order valence-corrected chi connectivity index (χ0v) is 15.4. The molecule has 1 amide bonds. The van der Waals surface area contributed by atoms with Crippen molar-refractivity contribution in [3.05, 3.63) is 59.9 Å². The summed E-state index contributed by atoms with van der Waals surface area (Å²) in [7, 11) is 1.61. The third-order valence-electron chi connectivity index (χ3n) is 4.84. The van der Waals surface area contributed by atoms with E-state index >= 15 is 0 Å². The van der Waals surface area contributed by atoms with Gasteiger partial charge in [-0.3, -0.25) is 4.79 Å². The lowest BCUT2D eigenvalue weighted by Crippen LogP contribution is -2.45. The van der Waals surface area contributed by atoms with Crippen molar-refractivity contribution in [2.75, 3.05) is 38.9 Å². The van der Waals surface area contributed by atoms with Crippen molar-refractivity contribution in [3.8, 4) is 5.75 Å². The highest BCUT2D eigenvalue weighted by Crippen LogP contribution is 2.37. The van der Waals surface area contributed by atoms with Gasteiger partial charge in [-0.15, -0.1) is 0 Å². The first-order valence-corrected chi connectivity index (χ1v) is 9.02. The Morgan fingerprint density at radius 3 is 2.48 bits per heavy atom. The van der Waals surface area contributed by atoms with Gasteiger partial charge in [-0.2, -0.15) is 0 Å². The molecular formula is C21H24FNO4. The third kappa shape index (κ3) is 4.46. The molecule has 0 spiro atoms. The van der Waals surface area contributed by atoms with E-state index in [2.05, 4.69) is 5.32 Å². The molecule has 1 saturated heterocycles. The molecule has 0 unspecified atom stereocenters. The van der Waals surface area contributed by atoms with Crippen molar-refractivity contribution in [1.29, 1.82) is 0 Å². The van der Waals surface area contributed by atoms with Crippen molar-refractivity contribution >= 4 is 11.6 Å². The van der Waals surface area contributed by atoms with Crippen LogP contribution in [0.3, 0.4) is 0 Å². The SMILES string of the molecule is COCCOc1ccc(NC(=O)C2(c3ccccc3F)CCOCC2)cc1. The second-order valence-corrected chi connectivity index (χ2v) is 6.49. The molecule has 5 nitrogen and oxygen atoms in total. The Morgan fingerprint density at radius 1 is 1.11 bits per heavy atom. The van der Waals surface area contributed by atoms with E-state index in [1.165, 1.54) is 6.07 Å². The second kappa shape index (κ2) is 8.97. The molecule has 2 aromatic carbocycles. The lowest BCUT2D eigenvalue weighted by molar-refractivity contribution is -0.125. The van der Waals surface area contributed by atoms with E-state index in [1.54, 1.807) is 49.6 Å². The maximum atomic E-state index is 14.5. The molecule has 1 N–H and O–H groups in total. The molecule has 2 aromatic rings. The van der Waals surface area contributed by atoms with Crippen molar-refractivity contribution < 1.29 is 23.4 Å². The maximum absolute atomic E-state index is 14.5. The number of rotatable bonds is 7. The molecule has 0 bridgehead atoms. The Morgan fingerprint density at radius 2 is 1.81 bits per heavy atom. The van der Waals surface area contributed by atoms with E-state index in [4.69, 9.17) is 14.2 Å². The van der Waals surface area contributed by atoms with Crippen molar-refractivity contribution in [1.82, 2.24) is 0 Å². The monoisotopic (exact) mass is 373 g/mol. The van der Waals surface area contributed by atoms with Gasteiger partial charge < -0.3 is 19.5 Å². The van der Waals surface area contributed by atoms with Gasteiger partial charge in [0.25, 0.3) is 0 Å². The number of amides is 1. The third-order valence-corrected chi connectivity index (χ3v) is 4.84. The molecule has 1 fully saturated rings. The van der Waals surface area contributed by atoms with Crippen LogP contribution >= 0.6 is 0 Å². The number of anilines is 1. The fourth-order valence-electron chi connectivity index (χ4n) is 3.32. The van der Waals surface area contributed by atoms with Crippen LogP contribution < -0.4 is 10.1 Å². The van der Waals surface area contributed by atoms with Gasteiger partial charge in [0.2, 0.25) is 5.91 Å².